The van der Waals surface area contributed by atoms with Crippen LogP contribution in [0, 0.1) is 0 Å². The summed E-state index contributed by atoms with van der Waals surface area (Å²) in [5.41, 5.74) is 1.87. The molecule has 0 bridgehead atoms. The molecular weight excluding hydrogens is 340 g/mol. The summed E-state index contributed by atoms with van der Waals surface area (Å²) in [5, 5.41) is 2.86. The summed E-state index contributed by atoms with van der Waals surface area (Å²) in [4.78, 5) is 14.6. The second-order valence-electron chi connectivity index (χ2n) is 6.04. The summed E-state index contributed by atoms with van der Waals surface area (Å²) in [5.74, 6) is 1.33. The monoisotopic (exact) mass is 364 g/mol. The number of anilines is 2. The number of nitrogens with zero attached hydrogens (tertiary/aromatic N) is 1. The van der Waals surface area contributed by atoms with Crippen molar-refractivity contribution in [3.8, 4) is 5.75 Å². The highest BCUT2D eigenvalue weighted by atomic mass is 16.5. The lowest BCUT2D eigenvalue weighted by atomic mass is 10.2. The van der Waals surface area contributed by atoms with Crippen molar-refractivity contribution in [3.05, 3.63) is 78.3 Å². The van der Waals surface area contributed by atoms with Gasteiger partial charge < -0.3 is 19.4 Å². The Morgan fingerprint density at radius 1 is 0.963 bits per heavy atom. The summed E-state index contributed by atoms with van der Waals surface area (Å²) in [7, 11) is 0. The zero-order valence-electron chi connectivity index (χ0n) is 15.6. The van der Waals surface area contributed by atoms with Gasteiger partial charge in [0.15, 0.2) is 5.76 Å². The van der Waals surface area contributed by atoms with E-state index in [1.165, 1.54) is 0 Å². The molecule has 5 nitrogen and oxygen atoms in total. The van der Waals surface area contributed by atoms with Crippen LogP contribution in [0.15, 0.2) is 71.1 Å². The van der Waals surface area contributed by atoms with Crippen LogP contribution in [0.2, 0.25) is 0 Å². The van der Waals surface area contributed by atoms with Gasteiger partial charge >= 0.3 is 0 Å². The third-order valence-corrected chi connectivity index (χ3v) is 4.26. The average molecular weight is 364 g/mol. The highest BCUT2D eigenvalue weighted by Gasteiger charge is 2.12. The van der Waals surface area contributed by atoms with E-state index in [0.717, 1.165) is 30.2 Å². The normalized spacial score (nSPS) is 10.4. The number of carbonyl (C=O) groups is 1. The minimum absolute atomic E-state index is 0.259. The first-order valence-corrected chi connectivity index (χ1v) is 9.12. The van der Waals surface area contributed by atoms with E-state index in [9.17, 15) is 4.79 Å². The number of hydrogen-bond acceptors (Lipinski definition) is 4. The second kappa shape index (κ2) is 8.94. The number of hydrogen-bond donors (Lipinski definition) is 1. The van der Waals surface area contributed by atoms with Crippen LogP contribution in [0.4, 0.5) is 11.4 Å². The van der Waals surface area contributed by atoms with Gasteiger partial charge in [-0.1, -0.05) is 18.2 Å². The molecule has 0 aliphatic carbocycles. The molecule has 0 saturated carbocycles. The fourth-order valence-corrected chi connectivity index (χ4v) is 2.79. The van der Waals surface area contributed by atoms with Gasteiger partial charge in [-0.15, -0.1) is 0 Å². The molecule has 0 radical (unpaired) electrons. The van der Waals surface area contributed by atoms with Crippen molar-refractivity contribution < 1.29 is 13.9 Å². The van der Waals surface area contributed by atoms with Crippen LogP contribution in [0.5, 0.6) is 5.75 Å². The first-order chi connectivity index (χ1) is 13.2. The number of carbonyl (C=O) groups excluding carboxylic acids is 1. The third kappa shape index (κ3) is 4.91. The molecule has 3 rings (SSSR count). The van der Waals surface area contributed by atoms with Crippen LogP contribution in [-0.2, 0) is 6.61 Å². The number of benzene rings is 2. The molecule has 0 fully saturated rings. The molecule has 1 amide bonds. The van der Waals surface area contributed by atoms with Crippen molar-refractivity contribution in [1.82, 2.24) is 0 Å². The zero-order valence-corrected chi connectivity index (χ0v) is 15.6. The van der Waals surface area contributed by atoms with E-state index in [2.05, 4.69) is 24.1 Å². The van der Waals surface area contributed by atoms with E-state index in [1.54, 1.807) is 12.1 Å². The third-order valence-electron chi connectivity index (χ3n) is 4.26. The molecule has 140 valence electrons. The van der Waals surface area contributed by atoms with Gasteiger partial charge in [0.05, 0.1) is 0 Å². The molecule has 0 aliphatic rings. The van der Waals surface area contributed by atoms with Gasteiger partial charge in [-0.05, 0) is 62.4 Å². The van der Waals surface area contributed by atoms with Gasteiger partial charge in [-0.3, -0.25) is 4.79 Å². The van der Waals surface area contributed by atoms with E-state index in [1.807, 2.05) is 54.6 Å². The number of nitrogens with one attached hydrogen (secondary N) is 1. The Hall–Kier alpha value is -3.21. The van der Waals surface area contributed by atoms with E-state index in [4.69, 9.17) is 9.15 Å². The Morgan fingerprint density at radius 2 is 1.67 bits per heavy atom. The van der Waals surface area contributed by atoms with Crippen molar-refractivity contribution in [3.63, 3.8) is 0 Å². The van der Waals surface area contributed by atoms with Crippen LogP contribution in [-0.4, -0.2) is 19.0 Å². The molecule has 0 atom stereocenters. The van der Waals surface area contributed by atoms with Crippen molar-refractivity contribution in [2.45, 2.75) is 20.5 Å². The minimum atomic E-state index is -0.281. The highest BCUT2D eigenvalue weighted by Crippen LogP contribution is 2.19. The maximum Gasteiger partial charge on any atom is 0.291 e. The predicted molar refractivity (Wildman–Crippen MR) is 107 cm³/mol. The average Bonchev–Trinajstić information content (AvgIpc) is 3.19. The van der Waals surface area contributed by atoms with Crippen molar-refractivity contribution in [2.75, 3.05) is 23.3 Å². The second-order valence-corrected chi connectivity index (χ2v) is 6.04. The summed E-state index contributed by atoms with van der Waals surface area (Å²) in [6.07, 6.45) is 0. The molecule has 1 N–H and O–H groups in total. The Kier molecular flexibility index (Phi) is 6.15. The quantitative estimate of drug-likeness (QED) is 0.614. The molecule has 0 unspecified atom stereocenters. The molecule has 3 aromatic rings. The van der Waals surface area contributed by atoms with E-state index in [-0.39, 0.29) is 18.3 Å². The molecule has 1 aromatic heterocycles. The highest BCUT2D eigenvalue weighted by molar-refractivity contribution is 6.02. The fraction of sp³-hybridized carbons (Fsp3) is 0.227. The standard InChI is InChI=1S/C22H24N2O3/c1-3-24(4-2)18-12-10-17(11-13-18)23-22(25)21-15-14-20(27-21)16-26-19-8-6-5-7-9-19/h5-15H,3-4,16H2,1-2H3,(H,23,25). The molecule has 5 heteroatoms. The molecule has 2 aromatic carbocycles. The van der Waals surface area contributed by atoms with Gasteiger partial charge in [0.2, 0.25) is 0 Å². The van der Waals surface area contributed by atoms with Crippen molar-refractivity contribution in [2.24, 2.45) is 0 Å². The summed E-state index contributed by atoms with van der Waals surface area (Å²) < 4.78 is 11.2. The summed E-state index contributed by atoms with van der Waals surface area (Å²) in [6, 6.07) is 20.7. The van der Waals surface area contributed by atoms with Crippen molar-refractivity contribution in [1.29, 1.82) is 0 Å². The Balaban J connectivity index is 1.57. The fourth-order valence-electron chi connectivity index (χ4n) is 2.79. The number of rotatable bonds is 8. The largest absolute Gasteiger partial charge is 0.486 e. The van der Waals surface area contributed by atoms with Crippen LogP contribution >= 0.6 is 0 Å². The van der Waals surface area contributed by atoms with E-state index in [0.29, 0.717) is 5.76 Å². The predicted octanol–water partition coefficient (Wildman–Crippen LogP) is 4.96. The SMILES string of the molecule is CCN(CC)c1ccc(NC(=O)c2ccc(COc3ccccc3)o2)cc1. The van der Waals surface area contributed by atoms with Gasteiger partial charge in [0.25, 0.3) is 5.91 Å². The molecule has 0 saturated heterocycles. The lowest BCUT2D eigenvalue weighted by Gasteiger charge is -2.21. The summed E-state index contributed by atoms with van der Waals surface area (Å²) in [6.45, 7) is 6.41. The van der Waals surface area contributed by atoms with Gasteiger partial charge in [0.1, 0.15) is 18.1 Å². The first-order valence-electron chi connectivity index (χ1n) is 9.12. The van der Waals surface area contributed by atoms with Crippen LogP contribution in [0.25, 0.3) is 0 Å². The number of furan rings is 1. The van der Waals surface area contributed by atoms with Crippen LogP contribution < -0.4 is 15.0 Å². The Bertz CT molecular complexity index is 853. The first kappa shape index (κ1) is 18.6. The summed E-state index contributed by atoms with van der Waals surface area (Å²) >= 11 is 0. The Labute approximate surface area is 159 Å². The van der Waals surface area contributed by atoms with E-state index >= 15 is 0 Å². The molecule has 1 heterocycles. The molecule has 27 heavy (non-hydrogen) atoms. The zero-order chi connectivity index (χ0) is 19.1. The topological polar surface area (TPSA) is 54.7 Å². The smallest absolute Gasteiger partial charge is 0.291 e. The minimum Gasteiger partial charge on any atom is -0.486 e. The maximum absolute atomic E-state index is 12.4. The molecular formula is C22H24N2O3. The number of ether oxygens (including phenoxy) is 1. The van der Waals surface area contributed by atoms with E-state index < -0.39 is 0 Å². The van der Waals surface area contributed by atoms with Gasteiger partial charge in [-0.25, -0.2) is 0 Å². The molecule has 0 aliphatic heterocycles. The Morgan fingerprint density at radius 3 is 2.33 bits per heavy atom. The lowest BCUT2D eigenvalue weighted by Crippen LogP contribution is -2.21. The lowest BCUT2D eigenvalue weighted by molar-refractivity contribution is 0.0992. The van der Waals surface area contributed by atoms with Crippen LogP contribution in [0.3, 0.4) is 0 Å². The maximum atomic E-state index is 12.4. The number of para-hydroxylation sites is 1. The number of amides is 1. The van der Waals surface area contributed by atoms with Gasteiger partial charge in [0, 0.05) is 24.5 Å². The van der Waals surface area contributed by atoms with Crippen molar-refractivity contribution >= 4 is 17.3 Å². The molecule has 0 spiro atoms. The van der Waals surface area contributed by atoms with Gasteiger partial charge in [-0.2, -0.15) is 0 Å². The van der Waals surface area contributed by atoms with Crippen LogP contribution in [0.1, 0.15) is 30.2 Å².